The average Bonchev–Trinajstić information content (AvgIpc) is 2.91. The molecule has 3 aromatic rings. The standard InChI is InChI=1S/C17H17N3O/c1-12-4-2-7-16-15(12)8-9-20(16)11-13-5-3-6-14(10-13)17(21)19-18/h2-10H,11,18H2,1H3,(H,19,21). The summed E-state index contributed by atoms with van der Waals surface area (Å²) in [6.45, 7) is 2.83. The molecule has 4 heteroatoms. The molecule has 0 saturated heterocycles. The molecule has 0 aliphatic heterocycles. The molecule has 4 nitrogen and oxygen atoms in total. The molecule has 0 saturated carbocycles. The van der Waals surface area contributed by atoms with Crippen LogP contribution in [0.3, 0.4) is 0 Å². The lowest BCUT2D eigenvalue weighted by Gasteiger charge is -2.08. The summed E-state index contributed by atoms with van der Waals surface area (Å²) in [6.07, 6.45) is 2.08. The highest BCUT2D eigenvalue weighted by Gasteiger charge is 2.06. The van der Waals surface area contributed by atoms with Crippen molar-refractivity contribution in [2.75, 3.05) is 0 Å². The second kappa shape index (κ2) is 5.42. The third-order valence-electron chi connectivity index (χ3n) is 3.70. The van der Waals surface area contributed by atoms with Crippen LogP contribution < -0.4 is 11.3 Å². The molecule has 0 fully saturated rings. The van der Waals surface area contributed by atoms with E-state index in [-0.39, 0.29) is 5.91 Å². The third kappa shape index (κ3) is 2.53. The number of nitrogens with one attached hydrogen (secondary N) is 1. The summed E-state index contributed by atoms with van der Waals surface area (Å²) in [5, 5.41) is 1.26. The first-order valence-electron chi connectivity index (χ1n) is 6.83. The molecule has 0 aliphatic rings. The number of hydrogen-bond acceptors (Lipinski definition) is 2. The van der Waals surface area contributed by atoms with E-state index in [1.54, 1.807) is 6.07 Å². The van der Waals surface area contributed by atoms with Crippen LogP contribution in [0.4, 0.5) is 0 Å². The van der Waals surface area contributed by atoms with Gasteiger partial charge in [-0.25, -0.2) is 5.84 Å². The monoisotopic (exact) mass is 279 g/mol. The van der Waals surface area contributed by atoms with Gasteiger partial charge in [0, 0.05) is 29.2 Å². The zero-order valence-corrected chi connectivity index (χ0v) is 11.8. The Morgan fingerprint density at radius 1 is 1.19 bits per heavy atom. The minimum Gasteiger partial charge on any atom is -0.343 e. The Morgan fingerprint density at radius 2 is 2.00 bits per heavy atom. The molecule has 1 amide bonds. The number of nitrogen functional groups attached to an aromatic ring is 1. The summed E-state index contributed by atoms with van der Waals surface area (Å²) in [6, 6.07) is 15.9. The van der Waals surface area contributed by atoms with Crippen LogP contribution in [0.25, 0.3) is 10.9 Å². The minimum atomic E-state index is -0.273. The van der Waals surface area contributed by atoms with E-state index in [0.29, 0.717) is 5.56 Å². The summed E-state index contributed by atoms with van der Waals surface area (Å²) in [7, 11) is 0. The maximum atomic E-state index is 11.6. The summed E-state index contributed by atoms with van der Waals surface area (Å²) in [5.41, 5.74) is 6.26. The van der Waals surface area contributed by atoms with Crippen molar-refractivity contribution >= 4 is 16.8 Å². The molecular weight excluding hydrogens is 262 g/mol. The van der Waals surface area contributed by atoms with E-state index in [4.69, 9.17) is 5.84 Å². The van der Waals surface area contributed by atoms with Crippen molar-refractivity contribution in [1.82, 2.24) is 9.99 Å². The number of carbonyl (C=O) groups is 1. The zero-order chi connectivity index (χ0) is 14.8. The van der Waals surface area contributed by atoms with Gasteiger partial charge in [-0.3, -0.25) is 10.2 Å². The Labute approximate surface area is 123 Å². The molecule has 0 atom stereocenters. The lowest BCUT2D eigenvalue weighted by Crippen LogP contribution is -2.30. The third-order valence-corrected chi connectivity index (χ3v) is 3.70. The smallest absolute Gasteiger partial charge is 0.265 e. The molecule has 3 N–H and O–H groups in total. The molecule has 0 bridgehead atoms. The number of hydrogen-bond donors (Lipinski definition) is 2. The fourth-order valence-electron chi connectivity index (χ4n) is 2.61. The van der Waals surface area contributed by atoms with Gasteiger partial charge in [0.25, 0.3) is 5.91 Å². The van der Waals surface area contributed by atoms with Crippen molar-refractivity contribution in [2.45, 2.75) is 13.5 Å². The SMILES string of the molecule is Cc1cccc2c1ccn2Cc1cccc(C(=O)NN)c1. The molecular formula is C17H17N3O. The van der Waals surface area contributed by atoms with E-state index >= 15 is 0 Å². The normalized spacial score (nSPS) is 10.8. The number of aryl methyl sites for hydroxylation is 1. The second-order valence-electron chi connectivity index (χ2n) is 5.13. The van der Waals surface area contributed by atoms with Crippen LogP contribution in [0.2, 0.25) is 0 Å². The van der Waals surface area contributed by atoms with Gasteiger partial charge in [0.1, 0.15) is 0 Å². The predicted molar refractivity (Wildman–Crippen MR) is 83.9 cm³/mol. The fraction of sp³-hybridized carbons (Fsp3) is 0.118. The number of benzene rings is 2. The van der Waals surface area contributed by atoms with Gasteiger partial charge in [-0.2, -0.15) is 0 Å². The highest BCUT2D eigenvalue weighted by molar-refractivity contribution is 5.93. The van der Waals surface area contributed by atoms with Gasteiger partial charge in [-0.05, 0) is 42.3 Å². The highest BCUT2D eigenvalue weighted by Crippen LogP contribution is 2.20. The van der Waals surface area contributed by atoms with Gasteiger partial charge in [0.15, 0.2) is 0 Å². The second-order valence-corrected chi connectivity index (χ2v) is 5.13. The van der Waals surface area contributed by atoms with Crippen LogP contribution in [-0.2, 0) is 6.54 Å². The quantitative estimate of drug-likeness (QED) is 0.440. The van der Waals surface area contributed by atoms with Crippen LogP contribution in [-0.4, -0.2) is 10.5 Å². The molecule has 2 aromatic carbocycles. The van der Waals surface area contributed by atoms with E-state index in [9.17, 15) is 4.79 Å². The number of fused-ring (bicyclic) bond motifs is 1. The molecule has 0 aliphatic carbocycles. The molecule has 0 unspecified atom stereocenters. The summed E-state index contributed by atoms with van der Waals surface area (Å²) in [4.78, 5) is 11.6. The van der Waals surface area contributed by atoms with Crippen molar-refractivity contribution in [3.05, 3.63) is 71.4 Å². The number of amides is 1. The Hall–Kier alpha value is -2.59. The van der Waals surface area contributed by atoms with Crippen molar-refractivity contribution in [2.24, 2.45) is 5.84 Å². The molecule has 0 spiro atoms. The number of nitrogens with two attached hydrogens (primary N) is 1. The number of nitrogens with zero attached hydrogens (tertiary/aromatic N) is 1. The van der Waals surface area contributed by atoms with Gasteiger partial charge >= 0.3 is 0 Å². The maximum Gasteiger partial charge on any atom is 0.265 e. The van der Waals surface area contributed by atoms with Crippen LogP contribution in [0.15, 0.2) is 54.7 Å². The molecule has 1 heterocycles. The van der Waals surface area contributed by atoms with E-state index in [1.165, 1.54) is 16.5 Å². The first-order valence-corrected chi connectivity index (χ1v) is 6.83. The van der Waals surface area contributed by atoms with Gasteiger partial charge in [0.2, 0.25) is 0 Å². The van der Waals surface area contributed by atoms with Crippen molar-refractivity contribution < 1.29 is 4.79 Å². The van der Waals surface area contributed by atoms with Crippen molar-refractivity contribution in [1.29, 1.82) is 0 Å². The van der Waals surface area contributed by atoms with Gasteiger partial charge < -0.3 is 4.57 Å². The number of rotatable bonds is 3. The van der Waals surface area contributed by atoms with Gasteiger partial charge in [0.05, 0.1) is 0 Å². The Kier molecular flexibility index (Phi) is 3.46. The topological polar surface area (TPSA) is 60.0 Å². The van der Waals surface area contributed by atoms with Crippen LogP contribution in [0.1, 0.15) is 21.5 Å². The minimum absolute atomic E-state index is 0.273. The number of carbonyl (C=O) groups excluding carboxylic acids is 1. The van der Waals surface area contributed by atoms with E-state index in [2.05, 4.69) is 47.4 Å². The highest BCUT2D eigenvalue weighted by atomic mass is 16.2. The molecule has 1 aromatic heterocycles. The van der Waals surface area contributed by atoms with Crippen LogP contribution in [0.5, 0.6) is 0 Å². The molecule has 106 valence electrons. The van der Waals surface area contributed by atoms with Crippen LogP contribution in [0, 0.1) is 6.92 Å². The number of aromatic nitrogens is 1. The summed E-state index contributed by atoms with van der Waals surface area (Å²) in [5.74, 6) is 4.90. The largest absolute Gasteiger partial charge is 0.343 e. The zero-order valence-electron chi connectivity index (χ0n) is 11.8. The van der Waals surface area contributed by atoms with Crippen molar-refractivity contribution in [3.8, 4) is 0 Å². The summed E-state index contributed by atoms with van der Waals surface area (Å²) >= 11 is 0. The fourth-order valence-corrected chi connectivity index (χ4v) is 2.61. The van der Waals surface area contributed by atoms with Gasteiger partial charge in [-0.15, -0.1) is 0 Å². The maximum absolute atomic E-state index is 11.6. The predicted octanol–water partition coefficient (Wildman–Crippen LogP) is 2.60. The summed E-state index contributed by atoms with van der Waals surface area (Å²) < 4.78 is 2.18. The molecule has 0 radical (unpaired) electrons. The lowest BCUT2D eigenvalue weighted by molar-refractivity contribution is 0.0953. The molecule has 21 heavy (non-hydrogen) atoms. The first kappa shape index (κ1) is 13.4. The Balaban J connectivity index is 1.95. The van der Waals surface area contributed by atoms with E-state index in [1.807, 2.05) is 18.2 Å². The Bertz CT molecular complexity index is 805. The van der Waals surface area contributed by atoms with Crippen LogP contribution >= 0.6 is 0 Å². The number of hydrazine groups is 1. The van der Waals surface area contributed by atoms with Gasteiger partial charge in [-0.1, -0.05) is 24.3 Å². The van der Waals surface area contributed by atoms with Crippen molar-refractivity contribution in [3.63, 3.8) is 0 Å². The lowest BCUT2D eigenvalue weighted by atomic mass is 10.1. The van der Waals surface area contributed by atoms with E-state index in [0.717, 1.165) is 12.1 Å². The first-order chi connectivity index (χ1) is 10.2. The Morgan fingerprint density at radius 3 is 2.81 bits per heavy atom. The van der Waals surface area contributed by atoms with E-state index < -0.39 is 0 Å². The average molecular weight is 279 g/mol. The molecule has 3 rings (SSSR count).